The molecule has 0 aromatic carbocycles. The van der Waals surface area contributed by atoms with Gasteiger partial charge in [0.05, 0.1) is 0 Å². The number of rotatable bonds is 46. The third kappa shape index (κ3) is 33.8. The zero-order valence-corrected chi connectivity index (χ0v) is 38.7. The average molecular weight is 767 g/mol. The second-order valence-corrected chi connectivity index (χ2v) is 18.5. The van der Waals surface area contributed by atoms with E-state index in [1.807, 2.05) is 0 Å². The molecule has 1 heteroatoms. The SMILES string of the molecule is CCCCCCCCCCCCCCCCC(CCCCCCCCCCCCCCCC)(CCCCCCCCCCCCCCCC)[n+]1ccccc1. The van der Waals surface area contributed by atoms with Crippen molar-refractivity contribution in [2.45, 2.75) is 315 Å². The highest BCUT2D eigenvalue weighted by molar-refractivity contribution is 4.86. The second-order valence-electron chi connectivity index (χ2n) is 18.5. The normalized spacial score (nSPS) is 11.9. The van der Waals surface area contributed by atoms with Gasteiger partial charge in [-0.25, -0.2) is 0 Å². The van der Waals surface area contributed by atoms with Gasteiger partial charge in [-0.3, -0.25) is 0 Å². The second kappa shape index (κ2) is 42.7. The lowest BCUT2D eigenvalue weighted by Gasteiger charge is -2.29. The molecule has 1 nitrogen and oxygen atoms in total. The van der Waals surface area contributed by atoms with Gasteiger partial charge >= 0.3 is 0 Å². The van der Waals surface area contributed by atoms with Crippen molar-refractivity contribution in [1.29, 1.82) is 0 Å². The number of unbranched alkanes of at least 4 members (excludes halogenated alkanes) is 39. The van der Waals surface area contributed by atoms with Crippen molar-refractivity contribution in [3.63, 3.8) is 0 Å². The van der Waals surface area contributed by atoms with Crippen molar-refractivity contribution in [2.24, 2.45) is 0 Å². The molecule has 0 aliphatic rings. The van der Waals surface area contributed by atoms with E-state index in [1.54, 1.807) is 0 Å². The van der Waals surface area contributed by atoms with Crippen LogP contribution in [0.4, 0.5) is 0 Å². The summed E-state index contributed by atoms with van der Waals surface area (Å²) >= 11 is 0. The van der Waals surface area contributed by atoms with Crippen LogP contribution in [0.2, 0.25) is 0 Å². The van der Waals surface area contributed by atoms with Crippen molar-refractivity contribution in [3.8, 4) is 0 Å². The Morgan fingerprint density at radius 1 is 0.236 bits per heavy atom. The molecule has 0 aliphatic heterocycles. The van der Waals surface area contributed by atoms with E-state index >= 15 is 0 Å². The topological polar surface area (TPSA) is 3.88 Å². The maximum Gasteiger partial charge on any atom is 0.169 e. The predicted molar refractivity (Wildman–Crippen MR) is 249 cm³/mol. The summed E-state index contributed by atoms with van der Waals surface area (Å²) in [5.74, 6) is 0. The van der Waals surface area contributed by atoms with E-state index in [-0.39, 0.29) is 0 Å². The fraction of sp³-hybridized carbons (Fsp3) is 0.907. The van der Waals surface area contributed by atoms with Crippen molar-refractivity contribution >= 4 is 0 Å². The summed E-state index contributed by atoms with van der Waals surface area (Å²) in [5.41, 5.74) is 0.326. The lowest BCUT2D eigenvalue weighted by atomic mass is 9.81. The molecule has 0 spiro atoms. The van der Waals surface area contributed by atoms with Crippen LogP contribution in [0.3, 0.4) is 0 Å². The number of hydrogen-bond donors (Lipinski definition) is 0. The van der Waals surface area contributed by atoms with Crippen LogP contribution < -0.4 is 4.57 Å². The first-order valence-electron chi connectivity index (χ1n) is 26.3. The number of nitrogens with zero attached hydrogens (tertiary/aromatic N) is 1. The van der Waals surface area contributed by atoms with E-state index in [9.17, 15) is 0 Å². The molecule has 0 N–H and O–H groups in total. The van der Waals surface area contributed by atoms with E-state index in [0.717, 1.165) is 0 Å². The summed E-state index contributed by atoms with van der Waals surface area (Å²) in [4.78, 5) is 0. The first-order chi connectivity index (χ1) is 27.3. The molecule has 0 atom stereocenters. The van der Waals surface area contributed by atoms with Gasteiger partial charge < -0.3 is 0 Å². The van der Waals surface area contributed by atoms with E-state index < -0.39 is 0 Å². The van der Waals surface area contributed by atoms with Crippen LogP contribution in [-0.4, -0.2) is 0 Å². The van der Waals surface area contributed by atoms with E-state index in [2.05, 4.69) is 55.9 Å². The van der Waals surface area contributed by atoms with Gasteiger partial charge in [-0.15, -0.1) is 0 Å². The summed E-state index contributed by atoms with van der Waals surface area (Å²) in [6.45, 7) is 6.96. The average Bonchev–Trinajstić information content (AvgIpc) is 3.21. The van der Waals surface area contributed by atoms with Crippen molar-refractivity contribution in [2.75, 3.05) is 0 Å². The van der Waals surface area contributed by atoms with Gasteiger partial charge in [0, 0.05) is 31.4 Å². The molecule has 1 heterocycles. The minimum Gasteiger partial charge on any atom is -0.200 e. The molecule has 0 saturated heterocycles. The molecule has 0 unspecified atom stereocenters. The van der Waals surface area contributed by atoms with Crippen LogP contribution in [0.15, 0.2) is 30.6 Å². The van der Waals surface area contributed by atoms with Gasteiger partial charge in [-0.05, 0) is 19.3 Å². The van der Waals surface area contributed by atoms with Gasteiger partial charge in [0.15, 0.2) is 17.9 Å². The highest BCUT2D eigenvalue weighted by Crippen LogP contribution is 2.32. The Morgan fingerprint density at radius 2 is 0.418 bits per heavy atom. The van der Waals surface area contributed by atoms with Crippen LogP contribution in [0, 0.1) is 0 Å². The highest BCUT2D eigenvalue weighted by Gasteiger charge is 2.37. The van der Waals surface area contributed by atoms with Crippen LogP contribution in [0.25, 0.3) is 0 Å². The van der Waals surface area contributed by atoms with Crippen molar-refractivity contribution < 1.29 is 4.57 Å². The number of hydrogen-bond acceptors (Lipinski definition) is 0. The maximum absolute atomic E-state index is 2.69. The zero-order valence-electron chi connectivity index (χ0n) is 38.7. The quantitative estimate of drug-likeness (QED) is 0.0460. The largest absolute Gasteiger partial charge is 0.200 e. The highest BCUT2D eigenvalue weighted by atomic mass is 15.0. The summed E-state index contributed by atoms with van der Waals surface area (Å²) in [6.07, 6.45) is 69.9. The monoisotopic (exact) mass is 767 g/mol. The molecule has 1 rings (SSSR count). The summed E-state index contributed by atoms with van der Waals surface area (Å²) < 4.78 is 2.69. The first-order valence-corrected chi connectivity index (χ1v) is 26.3. The van der Waals surface area contributed by atoms with E-state index in [4.69, 9.17) is 0 Å². The van der Waals surface area contributed by atoms with Gasteiger partial charge in [0.1, 0.15) is 0 Å². The Hall–Kier alpha value is -0.850. The minimum absolute atomic E-state index is 0.326. The predicted octanol–water partition coefficient (Wildman–Crippen LogP) is 19.3. The lowest BCUT2D eigenvalue weighted by molar-refractivity contribution is -0.768. The Balaban J connectivity index is 2.46. The molecular weight excluding hydrogens is 663 g/mol. The molecular formula is C54H104N+. The van der Waals surface area contributed by atoms with Crippen LogP contribution >= 0.6 is 0 Å². The Labute approximate surface area is 349 Å². The van der Waals surface area contributed by atoms with Crippen LogP contribution in [0.5, 0.6) is 0 Å². The van der Waals surface area contributed by atoms with Crippen LogP contribution in [0.1, 0.15) is 310 Å². The summed E-state index contributed by atoms with van der Waals surface area (Å²) in [6, 6.07) is 6.83. The minimum atomic E-state index is 0.326. The van der Waals surface area contributed by atoms with Crippen molar-refractivity contribution in [1.82, 2.24) is 0 Å². The molecule has 0 saturated carbocycles. The van der Waals surface area contributed by atoms with E-state index in [1.165, 1.54) is 289 Å². The molecule has 324 valence electrons. The smallest absolute Gasteiger partial charge is 0.169 e. The fourth-order valence-electron chi connectivity index (χ4n) is 9.42. The zero-order chi connectivity index (χ0) is 39.4. The van der Waals surface area contributed by atoms with Gasteiger partial charge in [0.2, 0.25) is 0 Å². The van der Waals surface area contributed by atoms with E-state index in [0.29, 0.717) is 5.54 Å². The first kappa shape index (κ1) is 52.2. The molecule has 0 radical (unpaired) electrons. The fourth-order valence-corrected chi connectivity index (χ4v) is 9.42. The lowest BCUT2D eigenvalue weighted by Crippen LogP contribution is -2.55. The maximum atomic E-state index is 2.69. The molecule has 1 aromatic rings. The molecule has 0 bridgehead atoms. The third-order valence-corrected chi connectivity index (χ3v) is 13.3. The summed E-state index contributed by atoms with van der Waals surface area (Å²) in [7, 11) is 0. The Bertz CT molecular complexity index is 752. The molecule has 0 amide bonds. The molecule has 55 heavy (non-hydrogen) atoms. The van der Waals surface area contributed by atoms with Gasteiger partial charge in [-0.2, -0.15) is 4.57 Å². The molecule has 1 aromatic heterocycles. The third-order valence-electron chi connectivity index (χ3n) is 13.3. The standard InChI is InChI=1S/C54H104N/c1-4-7-10-13-16-19-22-25-28-31-34-37-40-44-49-54(55-52-47-43-48-53-55,50-45-41-38-35-32-29-26-23-20-17-14-11-8-5-2)51-46-42-39-36-33-30-27-24-21-18-15-12-9-6-3/h43,47-48,52-53H,4-42,44-46,49-51H2,1-3H3/q+1. The molecule has 0 aliphatic carbocycles. The van der Waals surface area contributed by atoms with Gasteiger partial charge in [0.25, 0.3) is 0 Å². The Kier molecular flexibility index (Phi) is 40.5. The van der Waals surface area contributed by atoms with Crippen LogP contribution in [-0.2, 0) is 5.54 Å². The summed E-state index contributed by atoms with van der Waals surface area (Å²) in [5, 5.41) is 0. The van der Waals surface area contributed by atoms with Crippen molar-refractivity contribution in [3.05, 3.63) is 30.6 Å². The number of aromatic nitrogens is 1. The molecule has 0 fully saturated rings. The Morgan fingerprint density at radius 3 is 0.618 bits per heavy atom. The number of pyridine rings is 1. The van der Waals surface area contributed by atoms with Gasteiger partial charge in [-0.1, -0.05) is 277 Å².